The van der Waals surface area contributed by atoms with E-state index < -0.39 is 23.8 Å². The third-order valence-electron chi connectivity index (χ3n) is 3.62. The molecule has 0 heterocycles. The molecule has 0 bridgehead atoms. The van der Waals surface area contributed by atoms with Crippen LogP contribution in [0.5, 0.6) is 0 Å². The number of esters is 2. The SMILES string of the molecule is COC(=O)C1=C(O)c2ccccc2[C@H](C(=O)OC)[C@@H]1C. The van der Waals surface area contributed by atoms with E-state index in [1.165, 1.54) is 14.2 Å². The van der Waals surface area contributed by atoms with Gasteiger partial charge in [-0.05, 0) is 5.56 Å². The van der Waals surface area contributed by atoms with E-state index in [1.54, 1.807) is 31.2 Å². The summed E-state index contributed by atoms with van der Waals surface area (Å²) in [7, 11) is 2.54. The summed E-state index contributed by atoms with van der Waals surface area (Å²) in [6, 6.07) is 6.92. The Kier molecular flexibility index (Phi) is 3.79. The van der Waals surface area contributed by atoms with Gasteiger partial charge in [0.15, 0.2) is 0 Å². The monoisotopic (exact) mass is 276 g/mol. The fourth-order valence-corrected chi connectivity index (χ4v) is 2.63. The lowest BCUT2D eigenvalue weighted by atomic mass is 9.74. The van der Waals surface area contributed by atoms with Gasteiger partial charge in [-0.2, -0.15) is 0 Å². The standard InChI is InChI=1S/C15H16O5/c1-8-11(14(17)19-2)9-6-4-5-7-10(9)13(16)12(8)15(18)20-3/h4-8,11,16H,1-3H3/t8-,11+/m0/s1. The molecule has 1 aromatic carbocycles. The number of rotatable bonds is 2. The Morgan fingerprint density at radius 3 is 2.40 bits per heavy atom. The second-order valence-electron chi connectivity index (χ2n) is 4.63. The van der Waals surface area contributed by atoms with E-state index >= 15 is 0 Å². The van der Waals surface area contributed by atoms with Gasteiger partial charge in [0, 0.05) is 11.5 Å². The third-order valence-corrected chi connectivity index (χ3v) is 3.62. The Morgan fingerprint density at radius 2 is 1.80 bits per heavy atom. The van der Waals surface area contributed by atoms with Gasteiger partial charge in [-0.15, -0.1) is 0 Å². The number of aliphatic hydroxyl groups excluding tert-OH is 1. The average Bonchev–Trinajstić information content (AvgIpc) is 2.46. The van der Waals surface area contributed by atoms with Gasteiger partial charge < -0.3 is 14.6 Å². The summed E-state index contributed by atoms with van der Waals surface area (Å²) in [6.07, 6.45) is 0. The smallest absolute Gasteiger partial charge is 0.337 e. The lowest BCUT2D eigenvalue weighted by molar-refractivity contribution is -0.143. The molecule has 106 valence electrons. The van der Waals surface area contributed by atoms with Gasteiger partial charge in [0.1, 0.15) is 5.76 Å². The number of methoxy groups -OCH3 is 2. The summed E-state index contributed by atoms with van der Waals surface area (Å²) in [5.74, 6) is -2.39. The molecule has 5 heteroatoms. The highest BCUT2D eigenvalue weighted by Gasteiger charge is 2.41. The molecule has 0 radical (unpaired) electrons. The number of ether oxygens (including phenoxy) is 2. The van der Waals surface area contributed by atoms with Crippen molar-refractivity contribution in [3.05, 3.63) is 41.0 Å². The van der Waals surface area contributed by atoms with E-state index in [0.717, 1.165) is 0 Å². The molecule has 1 aliphatic rings. The van der Waals surface area contributed by atoms with Crippen LogP contribution in [0.3, 0.4) is 0 Å². The van der Waals surface area contributed by atoms with Crippen LogP contribution in [0.25, 0.3) is 5.76 Å². The first-order chi connectivity index (χ1) is 9.52. The predicted molar refractivity (Wildman–Crippen MR) is 71.9 cm³/mol. The molecular formula is C15H16O5. The van der Waals surface area contributed by atoms with Crippen molar-refractivity contribution in [3.8, 4) is 0 Å². The van der Waals surface area contributed by atoms with E-state index in [-0.39, 0.29) is 11.3 Å². The highest BCUT2D eigenvalue weighted by atomic mass is 16.5. The molecule has 2 rings (SSSR count). The van der Waals surface area contributed by atoms with Crippen molar-refractivity contribution in [3.63, 3.8) is 0 Å². The molecule has 1 aliphatic carbocycles. The molecule has 0 aliphatic heterocycles. The Balaban J connectivity index is 2.67. The Labute approximate surface area is 116 Å². The van der Waals surface area contributed by atoms with E-state index in [2.05, 4.69) is 0 Å². The van der Waals surface area contributed by atoms with Crippen molar-refractivity contribution in [2.24, 2.45) is 5.92 Å². The fourth-order valence-electron chi connectivity index (χ4n) is 2.63. The van der Waals surface area contributed by atoms with Crippen molar-refractivity contribution in [2.45, 2.75) is 12.8 Å². The van der Waals surface area contributed by atoms with Crippen LogP contribution in [0, 0.1) is 5.92 Å². The Bertz CT molecular complexity index is 588. The first-order valence-electron chi connectivity index (χ1n) is 6.21. The fraction of sp³-hybridized carbons (Fsp3) is 0.333. The largest absolute Gasteiger partial charge is 0.507 e. The molecule has 0 amide bonds. The second kappa shape index (κ2) is 5.36. The van der Waals surface area contributed by atoms with E-state index in [9.17, 15) is 14.7 Å². The zero-order chi connectivity index (χ0) is 14.9. The average molecular weight is 276 g/mol. The van der Waals surface area contributed by atoms with Crippen molar-refractivity contribution in [1.29, 1.82) is 0 Å². The summed E-state index contributed by atoms with van der Waals surface area (Å²) in [5.41, 5.74) is 1.21. The molecule has 0 saturated carbocycles. The molecule has 1 aromatic rings. The summed E-state index contributed by atoms with van der Waals surface area (Å²) in [4.78, 5) is 23.9. The first kappa shape index (κ1) is 14.1. The summed E-state index contributed by atoms with van der Waals surface area (Å²) in [6.45, 7) is 1.69. The highest BCUT2D eigenvalue weighted by Crippen LogP contribution is 2.42. The maximum atomic E-state index is 12.0. The molecule has 0 fully saturated rings. The van der Waals surface area contributed by atoms with Gasteiger partial charge in [-0.1, -0.05) is 31.2 Å². The second-order valence-corrected chi connectivity index (χ2v) is 4.63. The minimum Gasteiger partial charge on any atom is -0.507 e. The zero-order valence-corrected chi connectivity index (χ0v) is 11.5. The number of hydrogen-bond acceptors (Lipinski definition) is 5. The zero-order valence-electron chi connectivity index (χ0n) is 11.5. The summed E-state index contributed by atoms with van der Waals surface area (Å²) >= 11 is 0. The van der Waals surface area contributed by atoms with E-state index in [1.807, 2.05) is 0 Å². The van der Waals surface area contributed by atoms with Crippen LogP contribution in [0.15, 0.2) is 29.8 Å². The maximum Gasteiger partial charge on any atom is 0.337 e. The van der Waals surface area contributed by atoms with Crippen LogP contribution in [0.4, 0.5) is 0 Å². The van der Waals surface area contributed by atoms with Crippen LogP contribution in [0.1, 0.15) is 24.0 Å². The topological polar surface area (TPSA) is 72.8 Å². The quantitative estimate of drug-likeness (QED) is 0.837. The molecule has 0 saturated heterocycles. The van der Waals surface area contributed by atoms with Gasteiger partial charge in [0.25, 0.3) is 0 Å². The van der Waals surface area contributed by atoms with Gasteiger partial charge in [0.05, 0.1) is 25.7 Å². The first-order valence-corrected chi connectivity index (χ1v) is 6.21. The molecule has 20 heavy (non-hydrogen) atoms. The third kappa shape index (κ3) is 2.05. The van der Waals surface area contributed by atoms with Crippen molar-refractivity contribution < 1.29 is 24.2 Å². The summed E-state index contributed by atoms with van der Waals surface area (Å²) in [5, 5.41) is 10.3. The number of fused-ring (bicyclic) bond motifs is 1. The molecule has 0 spiro atoms. The van der Waals surface area contributed by atoms with Crippen LogP contribution in [-0.4, -0.2) is 31.3 Å². The molecule has 0 unspecified atom stereocenters. The van der Waals surface area contributed by atoms with E-state index in [4.69, 9.17) is 9.47 Å². The number of aliphatic hydroxyl groups is 1. The van der Waals surface area contributed by atoms with Gasteiger partial charge in [-0.25, -0.2) is 4.79 Å². The van der Waals surface area contributed by atoms with Gasteiger partial charge in [0.2, 0.25) is 0 Å². The molecule has 2 atom stereocenters. The van der Waals surface area contributed by atoms with Crippen LogP contribution in [-0.2, 0) is 19.1 Å². The molecule has 5 nitrogen and oxygen atoms in total. The van der Waals surface area contributed by atoms with Crippen LogP contribution < -0.4 is 0 Å². The van der Waals surface area contributed by atoms with Crippen molar-refractivity contribution >= 4 is 17.7 Å². The molecule has 1 N–H and O–H groups in total. The highest BCUT2D eigenvalue weighted by molar-refractivity contribution is 6.00. The maximum absolute atomic E-state index is 12.0. The van der Waals surface area contributed by atoms with Gasteiger partial charge >= 0.3 is 11.9 Å². The minimum atomic E-state index is -0.640. The van der Waals surface area contributed by atoms with Crippen LogP contribution >= 0.6 is 0 Å². The van der Waals surface area contributed by atoms with Gasteiger partial charge in [-0.3, -0.25) is 4.79 Å². The lowest BCUT2D eigenvalue weighted by Crippen LogP contribution is -2.30. The molecule has 0 aromatic heterocycles. The van der Waals surface area contributed by atoms with Crippen LogP contribution in [0.2, 0.25) is 0 Å². The molecular weight excluding hydrogens is 260 g/mol. The Morgan fingerprint density at radius 1 is 1.15 bits per heavy atom. The minimum absolute atomic E-state index is 0.0987. The van der Waals surface area contributed by atoms with Crippen molar-refractivity contribution in [2.75, 3.05) is 14.2 Å². The van der Waals surface area contributed by atoms with E-state index in [0.29, 0.717) is 11.1 Å². The number of hydrogen-bond donors (Lipinski definition) is 1. The lowest BCUT2D eigenvalue weighted by Gasteiger charge is -2.30. The number of carbonyl (C=O) groups is 2. The number of benzene rings is 1. The summed E-state index contributed by atoms with van der Waals surface area (Å²) < 4.78 is 9.52. The Hall–Kier alpha value is -2.30. The normalized spacial score (nSPS) is 21.1. The number of carbonyl (C=O) groups excluding carboxylic acids is 2. The van der Waals surface area contributed by atoms with Crippen molar-refractivity contribution in [1.82, 2.24) is 0 Å². The predicted octanol–water partition coefficient (Wildman–Crippen LogP) is 2.04.